The molecular weight excluding hydrogens is 326 g/mol. The molecule has 0 radical (unpaired) electrons. The van der Waals surface area contributed by atoms with Gasteiger partial charge in [0, 0.05) is 19.5 Å². The molecule has 9 nitrogen and oxygen atoms in total. The van der Waals surface area contributed by atoms with E-state index >= 15 is 0 Å². The van der Waals surface area contributed by atoms with Gasteiger partial charge in [-0.2, -0.15) is 0 Å². The molecule has 0 unspecified atom stereocenters. The molecular formula is C16H25N5O4. The number of benzene rings is 1. The van der Waals surface area contributed by atoms with Gasteiger partial charge in [-0.05, 0) is 5.56 Å². The van der Waals surface area contributed by atoms with Gasteiger partial charge in [-0.1, -0.05) is 30.3 Å². The molecule has 0 aliphatic heterocycles. The van der Waals surface area contributed by atoms with Gasteiger partial charge in [-0.3, -0.25) is 14.4 Å². The smallest absolute Gasteiger partial charge is 0.321 e. The minimum Gasteiger partial charge on any atom is -0.480 e. The maximum atomic E-state index is 12.4. The van der Waals surface area contributed by atoms with Crippen molar-refractivity contribution in [3.05, 3.63) is 35.9 Å². The highest BCUT2D eigenvalue weighted by Crippen LogP contribution is 2.04. The number of carboxylic acids is 1. The molecule has 9 N–H and O–H groups in total. The van der Waals surface area contributed by atoms with Crippen molar-refractivity contribution in [2.45, 2.75) is 31.0 Å². The van der Waals surface area contributed by atoms with Crippen LogP contribution in [0.25, 0.3) is 0 Å². The molecule has 0 fully saturated rings. The van der Waals surface area contributed by atoms with Gasteiger partial charge in [-0.25, -0.2) is 0 Å². The summed E-state index contributed by atoms with van der Waals surface area (Å²) in [7, 11) is 0. The van der Waals surface area contributed by atoms with Crippen LogP contribution in [0.5, 0.6) is 0 Å². The molecule has 0 heterocycles. The fourth-order valence-electron chi connectivity index (χ4n) is 2.12. The van der Waals surface area contributed by atoms with Gasteiger partial charge in [-0.15, -0.1) is 0 Å². The van der Waals surface area contributed by atoms with Crippen LogP contribution in [0.3, 0.4) is 0 Å². The number of amides is 2. The van der Waals surface area contributed by atoms with Gasteiger partial charge in [0.1, 0.15) is 12.1 Å². The largest absolute Gasteiger partial charge is 0.480 e. The molecule has 0 saturated carbocycles. The number of hydrogen-bond acceptors (Lipinski definition) is 6. The molecule has 9 heteroatoms. The molecule has 1 aromatic rings. The van der Waals surface area contributed by atoms with Gasteiger partial charge in [0.2, 0.25) is 11.8 Å². The molecule has 0 aliphatic carbocycles. The maximum absolute atomic E-state index is 12.4. The van der Waals surface area contributed by atoms with Crippen molar-refractivity contribution in [1.29, 1.82) is 0 Å². The minimum atomic E-state index is -1.33. The summed E-state index contributed by atoms with van der Waals surface area (Å²) in [6, 6.07) is 6.46. The molecule has 138 valence electrons. The van der Waals surface area contributed by atoms with E-state index in [2.05, 4.69) is 10.6 Å². The number of aliphatic carboxylic acids is 1. The topological polar surface area (TPSA) is 174 Å². The number of carbonyl (C=O) groups excluding carboxylic acids is 2. The lowest BCUT2D eigenvalue weighted by Gasteiger charge is -2.22. The highest BCUT2D eigenvalue weighted by molar-refractivity contribution is 5.90. The molecule has 2 atom stereocenters. The summed E-state index contributed by atoms with van der Waals surface area (Å²) in [5.74, 6) is -2.35. The quantitative estimate of drug-likeness (QED) is 0.280. The number of rotatable bonds is 10. The Kier molecular flexibility index (Phi) is 8.54. The van der Waals surface area contributed by atoms with Crippen molar-refractivity contribution in [3.63, 3.8) is 0 Å². The van der Waals surface area contributed by atoms with E-state index in [-0.39, 0.29) is 19.5 Å². The van der Waals surface area contributed by atoms with Crippen LogP contribution in [0, 0.1) is 0 Å². The zero-order valence-corrected chi connectivity index (χ0v) is 13.9. The summed E-state index contributed by atoms with van der Waals surface area (Å²) in [5.41, 5.74) is 17.2. The molecule has 0 bridgehead atoms. The number of nitrogens with one attached hydrogen (secondary N) is 2. The first-order valence-corrected chi connectivity index (χ1v) is 7.89. The second kappa shape index (κ2) is 10.4. The van der Waals surface area contributed by atoms with Gasteiger partial charge in [0.05, 0.1) is 12.5 Å². The monoisotopic (exact) mass is 351 g/mol. The lowest BCUT2D eigenvalue weighted by atomic mass is 10.0. The normalized spacial score (nSPS) is 13.1. The molecule has 0 saturated heterocycles. The Balaban J connectivity index is 2.81. The predicted molar refractivity (Wildman–Crippen MR) is 92.3 cm³/mol. The van der Waals surface area contributed by atoms with Crippen LogP contribution in [0.15, 0.2) is 30.3 Å². The van der Waals surface area contributed by atoms with Crippen LogP contribution < -0.4 is 27.8 Å². The zero-order valence-electron chi connectivity index (χ0n) is 13.9. The number of nitrogens with two attached hydrogens (primary N) is 3. The van der Waals surface area contributed by atoms with E-state index in [4.69, 9.17) is 22.3 Å². The standard InChI is InChI=1S/C16H25N5O4/c17-8-11(9-18)20-15(23)13(6-10-4-2-1-3-5-10)21-14(22)7-12(19)16(24)25/h1-5,11-13H,6-9,17-19H2,(H,20,23)(H,21,22)(H,24,25)/t12-,13-/m0/s1. The zero-order chi connectivity index (χ0) is 18.8. The van der Waals surface area contributed by atoms with E-state index in [9.17, 15) is 14.4 Å². The molecule has 1 rings (SSSR count). The third-order valence-electron chi connectivity index (χ3n) is 3.57. The van der Waals surface area contributed by atoms with Crippen LogP contribution >= 0.6 is 0 Å². The summed E-state index contributed by atoms with van der Waals surface area (Å²) < 4.78 is 0. The van der Waals surface area contributed by atoms with Gasteiger partial charge < -0.3 is 32.9 Å². The minimum absolute atomic E-state index is 0.165. The number of carbonyl (C=O) groups is 3. The Morgan fingerprint density at radius 3 is 2.16 bits per heavy atom. The average Bonchev–Trinajstić information content (AvgIpc) is 2.59. The second-order valence-electron chi connectivity index (χ2n) is 5.64. The molecule has 2 amide bonds. The highest BCUT2D eigenvalue weighted by Gasteiger charge is 2.25. The Labute approximate surface area is 145 Å². The fraction of sp³-hybridized carbons (Fsp3) is 0.438. The van der Waals surface area contributed by atoms with Gasteiger partial charge in [0.25, 0.3) is 0 Å². The van der Waals surface area contributed by atoms with Crippen molar-refractivity contribution in [1.82, 2.24) is 10.6 Å². The molecule has 25 heavy (non-hydrogen) atoms. The van der Waals surface area contributed by atoms with Crippen molar-refractivity contribution in [3.8, 4) is 0 Å². The van der Waals surface area contributed by atoms with Gasteiger partial charge in [0.15, 0.2) is 0 Å². The first kappa shape index (κ1) is 20.6. The fourth-order valence-corrected chi connectivity index (χ4v) is 2.12. The van der Waals surface area contributed by atoms with Crippen molar-refractivity contribution >= 4 is 17.8 Å². The van der Waals surface area contributed by atoms with Crippen molar-refractivity contribution in [2.24, 2.45) is 17.2 Å². The number of carboxylic acid groups (broad SMARTS) is 1. The van der Waals surface area contributed by atoms with E-state index < -0.39 is 42.3 Å². The van der Waals surface area contributed by atoms with Gasteiger partial charge >= 0.3 is 5.97 Å². The highest BCUT2D eigenvalue weighted by atomic mass is 16.4. The molecule has 0 aromatic heterocycles. The third kappa shape index (κ3) is 7.29. The Bertz CT molecular complexity index is 577. The lowest BCUT2D eigenvalue weighted by Crippen LogP contribution is -2.54. The number of hydrogen-bond donors (Lipinski definition) is 6. The molecule has 1 aromatic carbocycles. The molecule has 0 aliphatic rings. The summed E-state index contributed by atoms with van der Waals surface area (Å²) >= 11 is 0. The lowest BCUT2D eigenvalue weighted by molar-refractivity contribution is -0.140. The first-order chi connectivity index (χ1) is 11.9. The molecule has 0 spiro atoms. The van der Waals surface area contributed by atoms with Crippen LogP contribution in [-0.4, -0.2) is 54.1 Å². The summed E-state index contributed by atoms with van der Waals surface area (Å²) in [4.78, 5) is 35.2. The first-order valence-electron chi connectivity index (χ1n) is 7.89. The van der Waals surface area contributed by atoms with E-state index in [1.807, 2.05) is 30.3 Å². The van der Waals surface area contributed by atoms with Crippen molar-refractivity contribution in [2.75, 3.05) is 13.1 Å². The Morgan fingerprint density at radius 2 is 1.64 bits per heavy atom. The van der Waals surface area contributed by atoms with Crippen LogP contribution in [-0.2, 0) is 20.8 Å². The van der Waals surface area contributed by atoms with E-state index in [0.717, 1.165) is 5.56 Å². The van der Waals surface area contributed by atoms with E-state index in [1.165, 1.54) is 0 Å². The van der Waals surface area contributed by atoms with Crippen LogP contribution in [0.1, 0.15) is 12.0 Å². The van der Waals surface area contributed by atoms with Crippen LogP contribution in [0.2, 0.25) is 0 Å². The summed E-state index contributed by atoms with van der Waals surface area (Å²) in [6.45, 7) is 0.330. The Hall–Kier alpha value is -2.49. The SMILES string of the molecule is NCC(CN)NC(=O)[C@H](Cc1ccccc1)NC(=O)C[C@H](N)C(=O)O. The summed E-state index contributed by atoms with van der Waals surface area (Å²) in [5, 5.41) is 14.0. The van der Waals surface area contributed by atoms with E-state index in [1.54, 1.807) is 0 Å². The van der Waals surface area contributed by atoms with E-state index in [0.29, 0.717) is 0 Å². The summed E-state index contributed by atoms with van der Waals surface area (Å²) in [6.07, 6.45) is -0.187. The third-order valence-corrected chi connectivity index (χ3v) is 3.57. The van der Waals surface area contributed by atoms with Crippen LogP contribution in [0.4, 0.5) is 0 Å². The van der Waals surface area contributed by atoms with Crippen molar-refractivity contribution < 1.29 is 19.5 Å². The second-order valence-corrected chi connectivity index (χ2v) is 5.64. The predicted octanol–water partition coefficient (Wildman–Crippen LogP) is -2.08. The average molecular weight is 351 g/mol. The Morgan fingerprint density at radius 1 is 1.04 bits per heavy atom. The maximum Gasteiger partial charge on any atom is 0.321 e.